The molecule has 8 rings (SSSR count). The highest BCUT2D eigenvalue weighted by Gasteiger charge is 2.33. The molecule has 0 aliphatic carbocycles. The lowest BCUT2D eigenvalue weighted by Gasteiger charge is -2.29. The molecule has 324 valence electrons. The Morgan fingerprint density at radius 3 is 1.44 bits per heavy atom. The lowest BCUT2D eigenvalue weighted by Crippen LogP contribution is -2.68. The fourth-order valence-corrected chi connectivity index (χ4v) is 14.3. The predicted octanol–water partition coefficient (Wildman–Crippen LogP) is 8.01. The predicted molar refractivity (Wildman–Crippen MR) is 280 cm³/mol. The Kier molecular flexibility index (Phi) is 13.1. The molecule has 2 aromatic heterocycles. The number of hydrogen-bond donors (Lipinski definition) is 1. The number of fused-ring (bicyclic) bond motifs is 4. The van der Waals surface area contributed by atoms with Crippen LogP contribution in [0.3, 0.4) is 0 Å². The van der Waals surface area contributed by atoms with Gasteiger partial charge in [0.05, 0.1) is 4.53 Å². The molecular weight excluding hydrogens is 798 g/mol. The number of allylic oxidation sites excluding steroid dienone is 1. The number of nitrogens with one attached hydrogen (secondary N) is 1. The molecule has 0 atom stereocenters. The van der Waals surface area contributed by atoms with Crippen molar-refractivity contribution in [2.75, 3.05) is 13.1 Å². The van der Waals surface area contributed by atoms with Gasteiger partial charge in [0.25, 0.3) is 6.71 Å². The highest BCUT2D eigenvalue weighted by molar-refractivity contribution is 7.28. The van der Waals surface area contributed by atoms with E-state index in [1.54, 1.807) is 0 Å². The van der Waals surface area contributed by atoms with Crippen LogP contribution in [0.1, 0.15) is 109 Å². The van der Waals surface area contributed by atoms with Crippen molar-refractivity contribution in [3.8, 4) is 0 Å². The van der Waals surface area contributed by atoms with Gasteiger partial charge in [-0.1, -0.05) is 145 Å². The van der Waals surface area contributed by atoms with Gasteiger partial charge in [0.2, 0.25) is 11.4 Å². The summed E-state index contributed by atoms with van der Waals surface area (Å²) in [6.07, 6.45) is 9.35. The Labute approximate surface area is 387 Å². The molecule has 6 heteroatoms. The first-order valence-corrected chi connectivity index (χ1v) is 25.1. The van der Waals surface area contributed by atoms with Crippen LogP contribution in [0.25, 0.3) is 5.70 Å². The van der Waals surface area contributed by atoms with Gasteiger partial charge in [-0.15, -0.1) is 11.3 Å². The zero-order chi connectivity index (χ0) is 45.0. The van der Waals surface area contributed by atoms with E-state index in [9.17, 15) is 0 Å². The van der Waals surface area contributed by atoms with E-state index < -0.39 is 0 Å². The number of aryl methyl sites for hydroxylation is 14. The molecule has 0 saturated carbocycles. The second-order valence-corrected chi connectivity index (χ2v) is 21.9. The molecule has 2 bridgehead atoms. The van der Waals surface area contributed by atoms with E-state index in [1.807, 2.05) is 22.7 Å². The zero-order valence-electron chi connectivity index (χ0n) is 40.7. The Morgan fingerprint density at radius 1 is 0.540 bits per heavy atom. The van der Waals surface area contributed by atoms with Crippen LogP contribution in [-0.4, -0.2) is 42.8 Å². The fraction of sp³-hybridized carbons (Fsp3) is 0.368. The third-order valence-electron chi connectivity index (χ3n) is 14.0. The maximum atomic E-state index is 4.10. The summed E-state index contributed by atoms with van der Waals surface area (Å²) in [4.78, 5) is 8.23. The molecule has 2 nitrogen and oxygen atoms in total. The standard InChI is InChI=1S/C57H67B2N2S2/c1-33(2)61-21-15-17-46-31-50(58(52-38(7)23-34(3)24-39(52)8)53-40(9)25-35(4)26-41(53)10)62-56(46)48-19-20-49(60-48)57-47(18-16-22-61)32-51(63-57)59(54-42(11)27-36(5)28-43(54)12)55-44(13)29-37(6)30-45(55)14/h19-20,23-33H,15-18,21-22H2,1-14H3/q-1/p+1/b56-48+. The first-order valence-electron chi connectivity index (χ1n) is 23.5. The fourth-order valence-electron chi connectivity index (χ4n) is 11.7. The van der Waals surface area contributed by atoms with Gasteiger partial charge in [0, 0.05) is 18.2 Å². The van der Waals surface area contributed by atoms with Crippen molar-refractivity contribution < 1.29 is 4.99 Å². The third-order valence-corrected chi connectivity index (χ3v) is 16.6. The third kappa shape index (κ3) is 9.03. The number of benzene rings is 4. The molecule has 6 aromatic rings. The average Bonchev–Trinajstić information content (AvgIpc) is 3.93. The summed E-state index contributed by atoms with van der Waals surface area (Å²) in [6, 6.07) is 24.8. The highest BCUT2D eigenvalue weighted by Crippen LogP contribution is 2.24. The van der Waals surface area contributed by atoms with Crippen molar-refractivity contribution in [3.63, 3.8) is 0 Å². The lowest BCUT2D eigenvalue weighted by atomic mass is 9.36. The van der Waals surface area contributed by atoms with Gasteiger partial charge < -0.3 is 4.90 Å². The second-order valence-electron chi connectivity index (χ2n) is 19.7. The SMILES string of the molecule is Cc1cc(C)c(B(c2cc3c(s2)C2=[NH+]/C(=c4/sc(=[B-](c5c(C)cc(C)cc5C)c5c(C)cc(C)cc5C)cc4CCCN(C(C)C)CCC3)C=C2)c2c(C)cc(C)cc2C)c(C)c1. The number of rotatable bonds is 6. The topological polar surface area (TPSA) is 17.2 Å². The van der Waals surface area contributed by atoms with Crippen LogP contribution in [0.5, 0.6) is 0 Å². The summed E-state index contributed by atoms with van der Waals surface area (Å²) < 4.78 is 4.29. The van der Waals surface area contributed by atoms with Gasteiger partial charge in [-0.3, -0.25) is 0 Å². The molecule has 2 aliphatic heterocycles. The molecule has 0 radical (unpaired) electrons. The normalized spacial score (nSPS) is 15.4. The first-order chi connectivity index (χ1) is 30.0. The number of hydrogen-bond acceptors (Lipinski definition) is 3. The van der Waals surface area contributed by atoms with E-state index in [0.29, 0.717) is 6.04 Å². The Balaban J connectivity index is 1.39. The Hall–Kier alpha value is -4.35. The number of thiophene rings is 2. The van der Waals surface area contributed by atoms with Crippen LogP contribution in [0.2, 0.25) is 0 Å². The summed E-state index contributed by atoms with van der Waals surface area (Å²) in [5, 5.41) is 0. The molecule has 0 saturated heterocycles. The van der Waals surface area contributed by atoms with E-state index in [2.05, 4.69) is 180 Å². The van der Waals surface area contributed by atoms with Crippen molar-refractivity contribution in [1.82, 2.24) is 4.90 Å². The van der Waals surface area contributed by atoms with E-state index in [-0.39, 0.29) is 13.1 Å². The molecule has 4 aromatic carbocycles. The summed E-state index contributed by atoms with van der Waals surface area (Å²) in [7, 11) is 0. The van der Waals surface area contributed by atoms with Crippen LogP contribution in [0, 0.1) is 87.5 Å². The van der Waals surface area contributed by atoms with Gasteiger partial charge in [-0.25, -0.2) is 15.9 Å². The quantitative estimate of drug-likeness (QED) is 0.168. The van der Waals surface area contributed by atoms with Crippen LogP contribution >= 0.6 is 22.7 Å². The zero-order valence-corrected chi connectivity index (χ0v) is 42.3. The van der Waals surface area contributed by atoms with Crippen molar-refractivity contribution in [2.45, 2.75) is 129 Å². The summed E-state index contributed by atoms with van der Waals surface area (Å²) in [6.45, 7) is 34.7. The van der Waals surface area contributed by atoms with Crippen molar-refractivity contribution in [3.05, 3.63) is 165 Å². The molecule has 0 fully saturated rings. The van der Waals surface area contributed by atoms with Crippen LogP contribution in [0.4, 0.5) is 0 Å². The van der Waals surface area contributed by atoms with Crippen molar-refractivity contribution >= 4 is 73.8 Å². The maximum Gasteiger partial charge on any atom is 0.255 e. The lowest BCUT2D eigenvalue weighted by molar-refractivity contribution is -0.338. The maximum absolute atomic E-state index is 4.10. The average molecular weight is 867 g/mol. The molecule has 0 unspecified atom stereocenters. The van der Waals surface area contributed by atoms with Crippen LogP contribution < -0.4 is 36.2 Å². The summed E-state index contributed by atoms with van der Waals surface area (Å²) in [5.41, 5.74) is 27.7. The van der Waals surface area contributed by atoms with Crippen LogP contribution in [-0.2, 0) is 12.8 Å². The van der Waals surface area contributed by atoms with Gasteiger partial charge in [0.1, 0.15) is 4.88 Å². The second kappa shape index (κ2) is 18.3. The van der Waals surface area contributed by atoms with E-state index in [4.69, 9.17) is 0 Å². The molecule has 63 heavy (non-hydrogen) atoms. The monoisotopic (exact) mass is 867 g/mol. The smallest absolute Gasteiger partial charge is 0.255 e. The minimum atomic E-state index is 0.165. The summed E-state index contributed by atoms with van der Waals surface area (Å²) >= 11 is 4.05. The summed E-state index contributed by atoms with van der Waals surface area (Å²) in [5.74, 6) is 0. The molecule has 1 N–H and O–H groups in total. The van der Waals surface area contributed by atoms with E-state index in [0.717, 1.165) is 38.8 Å². The van der Waals surface area contributed by atoms with Crippen molar-refractivity contribution in [2.24, 2.45) is 0 Å². The van der Waals surface area contributed by atoms with Gasteiger partial charge in [-0.05, 0) is 152 Å². The Morgan fingerprint density at radius 2 is 0.984 bits per heavy atom. The molecule has 2 aliphatic rings. The largest absolute Gasteiger partial charge is 0.301 e. The minimum absolute atomic E-state index is 0.165. The van der Waals surface area contributed by atoms with Gasteiger partial charge in [-0.2, -0.15) is 15.8 Å². The molecule has 4 heterocycles. The van der Waals surface area contributed by atoms with Gasteiger partial charge >= 0.3 is 0 Å². The Bertz CT molecular complexity index is 2760. The number of nitrogens with zero attached hydrogens (tertiary/aromatic N) is 1. The highest BCUT2D eigenvalue weighted by atomic mass is 32.1. The van der Waals surface area contributed by atoms with Crippen molar-refractivity contribution in [1.29, 1.82) is 0 Å². The van der Waals surface area contributed by atoms with Gasteiger partial charge in [0.15, 0.2) is 0 Å². The molecule has 0 amide bonds. The minimum Gasteiger partial charge on any atom is -0.301 e. The van der Waals surface area contributed by atoms with Crippen LogP contribution in [0.15, 0.2) is 72.8 Å². The first kappa shape index (κ1) is 45.2. The van der Waals surface area contributed by atoms with E-state index >= 15 is 0 Å². The molecule has 0 spiro atoms. The van der Waals surface area contributed by atoms with E-state index in [1.165, 1.54) is 130 Å². The molecular formula is C57H68B2N2S2.